The van der Waals surface area contributed by atoms with Crippen molar-refractivity contribution in [3.63, 3.8) is 0 Å². The highest BCUT2D eigenvalue weighted by molar-refractivity contribution is 6.31. The van der Waals surface area contributed by atoms with Gasteiger partial charge in [0.15, 0.2) is 5.76 Å². The molecule has 1 N–H and O–H groups in total. The van der Waals surface area contributed by atoms with Crippen LogP contribution in [-0.4, -0.2) is 20.6 Å². The number of nitro benzene ring substituents is 1. The lowest BCUT2D eigenvalue weighted by Crippen LogP contribution is -2.13. The molecule has 0 aliphatic carbocycles. The molecule has 0 saturated heterocycles. The number of carbonyl (C=O) groups excluding carboxylic acids is 1. The number of furan rings is 1. The number of hydrogen-bond donors (Lipinski definition) is 1. The first-order valence-electron chi connectivity index (χ1n) is 10.5. The molecule has 0 spiro atoms. The van der Waals surface area contributed by atoms with Crippen LogP contribution < -0.4 is 10.1 Å². The molecule has 2 aromatic carbocycles. The topological polar surface area (TPSA) is 112 Å². The number of nitrogens with one attached hydrogen (secondary N) is 1. The summed E-state index contributed by atoms with van der Waals surface area (Å²) in [6.45, 7) is 3.63. The second-order valence-corrected chi connectivity index (χ2v) is 8.07. The van der Waals surface area contributed by atoms with Crippen LogP contribution in [0.2, 0.25) is 5.02 Å². The molecule has 0 atom stereocenters. The first-order chi connectivity index (χ1) is 16.7. The molecule has 0 saturated carbocycles. The van der Waals surface area contributed by atoms with Crippen LogP contribution in [0.1, 0.15) is 33.3 Å². The van der Waals surface area contributed by atoms with Gasteiger partial charge in [0.25, 0.3) is 11.6 Å². The Labute approximate surface area is 204 Å². The van der Waals surface area contributed by atoms with Gasteiger partial charge in [-0.1, -0.05) is 17.7 Å². The Bertz CT molecular complexity index is 1380. The minimum Gasteiger partial charge on any atom is -0.486 e. The van der Waals surface area contributed by atoms with Crippen LogP contribution in [-0.2, 0) is 13.2 Å². The highest BCUT2D eigenvalue weighted by Crippen LogP contribution is 2.25. The standard InChI is InChI=1S/C24H20ClFN4O5/c1-14-23(15(2)29(28-14)12-19-20(25)4-3-5-21(19)26)27-24(31)22-11-10-18(35-22)13-34-17-8-6-16(7-9-17)30(32)33/h3-11H,12-13H2,1-2H3,(H,27,31). The summed E-state index contributed by atoms with van der Waals surface area (Å²) in [4.78, 5) is 23.0. The second kappa shape index (κ2) is 9.98. The van der Waals surface area contributed by atoms with Gasteiger partial charge in [-0.05, 0) is 50.2 Å². The van der Waals surface area contributed by atoms with Crippen molar-refractivity contribution in [1.29, 1.82) is 0 Å². The molecule has 1 amide bonds. The van der Waals surface area contributed by atoms with Crippen molar-refractivity contribution in [3.8, 4) is 5.75 Å². The number of nitro groups is 1. The quantitative estimate of drug-likeness (QED) is 0.247. The van der Waals surface area contributed by atoms with E-state index in [2.05, 4.69) is 10.4 Å². The van der Waals surface area contributed by atoms with Crippen LogP contribution in [0.4, 0.5) is 15.8 Å². The Balaban J connectivity index is 1.42. The van der Waals surface area contributed by atoms with E-state index >= 15 is 0 Å². The zero-order chi connectivity index (χ0) is 25.1. The molecule has 2 aromatic heterocycles. The van der Waals surface area contributed by atoms with E-state index in [0.29, 0.717) is 39.2 Å². The van der Waals surface area contributed by atoms with Crippen LogP contribution >= 0.6 is 11.6 Å². The minimum atomic E-state index is -0.497. The number of anilines is 1. The highest BCUT2D eigenvalue weighted by atomic mass is 35.5. The van der Waals surface area contributed by atoms with Gasteiger partial charge in [-0.25, -0.2) is 4.39 Å². The summed E-state index contributed by atoms with van der Waals surface area (Å²) in [5.41, 5.74) is 1.93. The number of non-ortho nitro benzene ring substituents is 1. The average Bonchev–Trinajstić information content (AvgIpc) is 3.41. The Hall–Kier alpha value is -4.18. The molecule has 0 aliphatic heterocycles. The summed E-state index contributed by atoms with van der Waals surface area (Å²) in [5.74, 6) is -0.0367. The van der Waals surface area contributed by atoms with Crippen molar-refractivity contribution in [1.82, 2.24) is 9.78 Å². The number of aryl methyl sites for hydroxylation is 1. The lowest BCUT2D eigenvalue weighted by Gasteiger charge is -2.09. The fourth-order valence-electron chi connectivity index (χ4n) is 3.44. The van der Waals surface area contributed by atoms with Crippen molar-refractivity contribution < 1.29 is 23.3 Å². The first-order valence-corrected chi connectivity index (χ1v) is 10.8. The molecular formula is C24H20ClFN4O5. The van der Waals surface area contributed by atoms with Crippen LogP contribution in [0, 0.1) is 29.8 Å². The number of rotatable bonds is 8. The molecular weight excluding hydrogens is 479 g/mol. The number of hydrogen-bond acceptors (Lipinski definition) is 6. The van der Waals surface area contributed by atoms with Gasteiger partial charge < -0.3 is 14.5 Å². The summed E-state index contributed by atoms with van der Waals surface area (Å²) in [6, 6.07) is 13.2. The van der Waals surface area contributed by atoms with Gasteiger partial charge in [-0.3, -0.25) is 19.6 Å². The molecule has 0 fully saturated rings. The van der Waals surface area contributed by atoms with Gasteiger partial charge in [-0.15, -0.1) is 0 Å². The maximum absolute atomic E-state index is 14.2. The van der Waals surface area contributed by atoms with Crippen molar-refractivity contribution in [2.24, 2.45) is 0 Å². The van der Waals surface area contributed by atoms with Crippen molar-refractivity contribution in [2.75, 3.05) is 5.32 Å². The molecule has 4 aromatic rings. The molecule has 4 rings (SSSR count). The monoisotopic (exact) mass is 498 g/mol. The number of aromatic nitrogens is 2. The summed E-state index contributed by atoms with van der Waals surface area (Å²) >= 11 is 6.13. The van der Waals surface area contributed by atoms with Crippen LogP contribution in [0.3, 0.4) is 0 Å². The van der Waals surface area contributed by atoms with E-state index in [1.54, 1.807) is 30.7 Å². The first kappa shape index (κ1) is 24.0. The lowest BCUT2D eigenvalue weighted by molar-refractivity contribution is -0.384. The predicted molar refractivity (Wildman–Crippen MR) is 126 cm³/mol. The summed E-state index contributed by atoms with van der Waals surface area (Å²) in [6.07, 6.45) is 0. The third-order valence-electron chi connectivity index (χ3n) is 5.30. The normalized spacial score (nSPS) is 10.9. The molecule has 35 heavy (non-hydrogen) atoms. The molecule has 11 heteroatoms. The third-order valence-corrected chi connectivity index (χ3v) is 5.66. The van der Waals surface area contributed by atoms with Crippen molar-refractivity contribution >= 4 is 28.9 Å². The van der Waals surface area contributed by atoms with E-state index < -0.39 is 16.6 Å². The number of amides is 1. The van der Waals surface area contributed by atoms with E-state index in [0.717, 1.165) is 0 Å². The molecule has 180 valence electrons. The minimum absolute atomic E-state index is 0.0322. The van der Waals surface area contributed by atoms with Crippen LogP contribution in [0.5, 0.6) is 5.75 Å². The molecule has 0 radical (unpaired) electrons. The largest absolute Gasteiger partial charge is 0.486 e. The van der Waals surface area contributed by atoms with Gasteiger partial charge in [0.1, 0.15) is 23.9 Å². The fraction of sp³-hybridized carbons (Fsp3) is 0.167. The average molecular weight is 499 g/mol. The third kappa shape index (κ3) is 5.33. The van der Waals surface area contributed by atoms with Gasteiger partial charge in [0.2, 0.25) is 0 Å². The van der Waals surface area contributed by atoms with Gasteiger partial charge in [0, 0.05) is 22.7 Å². The molecule has 0 unspecified atom stereocenters. The predicted octanol–water partition coefficient (Wildman–Crippen LogP) is 5.67. The van der Waals surface area contributed by atoms with Gasteiger partial charge in [-0.2, -0.15) is 5.10 Å². The SMILES string of the molecule is Cc1nn(Cc2c(F)cccc2Cl)c(C)c1NC(=O)c1ccc(COc2ccc([N+](=O)[O-])cc2)o1. The molecule has 2 heterocycles. The van der Waals surface area contributed by atoms with Gasteiger partial charge in [0.05, 0.1) is 28.5 Å². The molecule has 0 bridgehead atoms. The van der Waals surface area contributed by atoms with E-state index in [1.165, 1.54) is 42.5 Å². The summed E-state index contributed by atoms with van der Waals surface area (Å²) in [7, 11) is 0. The van der Waals surface area contributed by atoms with Gasteiger partial charge >= 0.3 is 0 Å². The second-order valence-electron chi connectivity index (χ2n) is 7.66. The smallest absolute Gasteiger partial charge is 0.291 e. The van der Waals surface area contributed by atoms with Crippen molar-refractivity contribution in [3.05, 3.63) is 104 Å². The summed E-state index contributed by atoms with van der Waals surface area (Å²) < 4.78 is 26.9. The number of benzene rings is 2. The zero-order valence-electron chi connectivity index (χ0n) is 18.7. The molecule has 0 aliphatic rings. The maximum Gasteiger partial charge on any atom is 0.291 e. The van der Waals surface area contributed by atoms with E-state index in [4.69, 9.17) is 20.8 Å². The van der Waals surface area contributed by atoms with Crippen LogP contribution in [0.25, 0.3) is 0 Å². The van der Waals surface area contributed by atoms with E-state index in [9.17, 15) is 19.3 Å². The van der Waals surface area contributed by atoms with Crippen LogP contribution in [0.15, 0.2) is 59.0 Å². The summed E-state index contributed by atoms with van der Waals surface area (Å²) in [5, 5.41) is 18.2. The van der Waals surface area contributed by atoms with Crippen molar-refractivity contribution in [2.45, 2.75) is 27.0 Å². The van der Waals surface area contributed by atoms with E-state index in [-0.39, 0.29) is 24.6 Å². The Kier molecular flexibility index (Phi) is 6.83. The Morgan fingerprint density at radius 1 is 1.20 bits per heavy atom. The lowest BCUT2D eigenvalue weighted by atomic mass is 10.2. The molecule has 9 nitrogen and oxygen atoms in total. The van der Waals surface area contributed by atoms with E-state index in [1.807, 2.05) is 0 Å². The fourth-order valence-corrected chi connectivity index (χ4v) is 3.66. The highest BCUT2D eigenvalue weighted by Gasteiger charge is 2.19. The Morgan fingerprint density at radius 3 is 2.63 bits per heavy atom. The number of ether oxygens (including phenoxy) is 1. The number of nitrogens with zero attached hydrogens (tertiary/aromatic N) is 3. The maximum atomic E-state index is 14.2. The zero-order valence-corrected chi connectivity index (χ0v) is 19.5. The number of carbonyl (C=O) groups is 1. The Morgan fingerprint density at radius 2 is 1.94 bits per heavy atom. The number of halogens is 2.